The van der Waals surface area contributed by atoms with Crippen LogP contribution < -0.4 is 5.32 Å². The molecule has 0 aromatic heterocycles. The quantitative estimate of drug-likeness (QED) is 0.670. The first-order chi connectivity index (χ1) is 14.3. The van der Waals surface area contributed by atoms with Crippen molar-refractivity contribution >= 4 is 27.5 Å². The molecule has 0 unspecified atom stereocenters. The predicted octanol–water partition coefficient (Wildman–Crippen LogP) is 4.64. The molecule has 30 heavy (non-hydrogen) atoms. The van der Waals surface area contributed by atoms with Gasteiger partial charge in [-0.05, 0) is 55.0 Å². The Labute approximate surface area is 184 Å². The predicted molar refractivity (Wildman–Crippen MR) is 120 cm³/mol. The van der Waals surface area contributed by atoms with E-state index in [0.29, 0.717) is 30.3 Å². The van der Waals surface area contributed by atoms with E-state index >= 15 is 0 Å². The maximum absolute atomic E-state index is 13.1. The van der Waals surface area contributed by atoms with E-state index in [9.17, 15) is 13.2 Å². The Morgan fingerprint density at radius 1 is 1.13 bits per heavy atom. The smallest absolute Gasteiger partial charge is 0.243 e. The van der Waals surface area contributed by atoms with Crippen LogP contribution in [-0.2, 0) is 14.8 Å². The molecule has 1 amide bonds. The van der Waals surface area contributed by atoms with E-state index in [0.717, 1.165) is 12.0 Å². The molecule has 1 aliphatic heterocycles. The largest absolute Gasteiger partial charge is 0.349 e. The Bertz CT molecular complexity index is 946. The molecule has 0 radical (unpaired) electrons. The fourth-order valence-corrected chi connectivity index (χ4v) is 5.50. The summed E-state index contributed by atoms with van der Waals surface area (Å²) in [6, 6.07) is 16.0. The summed E-state index contributed by atoms with van der Waals surface area (Å²) in [6.45, 7) is 4.87. The molecule has 162 valence electrons. The normalized spacial score (nSPS) is 18.9. The van der Waals surface area contributed by atoms with Gasteiger partial charge in [0.25, 0.3) is 0 Å². The molecule has 0 spiro atoms. The van der Waals surface area contributed by atoms with Crippen LogP contribution >= 0.6 is 11.6 Å². The molecule has 0 saturated carbocycles. The van der Waals surface area contributed by atoms with Gasteiger partial charge >= 0.3 is 0 Å². The van der Waals surface area contributed by atoms with Crippen molar-refractivity contribution in [3.8, 4) is 0 Å². The Hall–Kier alpha value is -1.89. The minimum atomic E-state index is -3.65. The lowest BCUT2D eigenvalue weighted by atomic mass is 9.94. The summed E-state index contributed by atoms with van der Waals surface area (Å²) in [5, 5.41) is 3.66. The van der Waals surface area contributed by atoms with Crippen molar-refractivity contribution in [2.75, 3.05) is 13.1 Å². The molecule has 1 heterocycles. The van der Waals surface area contributed by atoms with Crippen LogP contribution in [0.1, 0.15) is 44.7 Å². The second kappa shape index (κ2) is 9.94. The molecule has 2 atom stereocenters. The van der Waals surface area contributed by atoms with Crippen LogP contribution in [0.4, 0.5) is 0 Å². The summed E-state index contributed by atoms with van der Waals surface area (Å²) in [6.07, 6.45) is 2.17. The van der Waals surface area contributed by atoms with Crippen molar-refractivity contribution in [2.24, 2.45) is 11.8 Å². The Balaban J connectivity index is 1.72. The zero-order chi connectivity index (χ0) is 21.7. The first kappa shape index (κ1) is 22.8. The molecular weight excluding hydrogens is 420 g/mol. The average molecular weight is 449 g/mol. The molecule has 1 saturated heterocycles. The van der Waals surface area contributed by atoms with Gasteiger partial charge in [0, 0.05) is 18.1 Å². The second-order valence-electron chi connectivity index (χ2n) is 8.26. The minimum absolute atomic E-state index is 0.0815. The van der Waals surface area contributed by atoms with E-state index in [4.69, 9.17) is 11.6 Å². The number of hydrogen-bond donors (Lipinski definition) is 1. The number of carbonyl (C=O) groups excluding carboxylic acids is 1. The van der Waals surface area contributed by atoms with Crippen LogP contribution in [0, 0.1) is 11.8 Å². The van der Waals surface area contributed by atoms with Gasteiger partial charge in [-0.25, -0.2) is 8.42 Å². The summed E-state index contributed by atoms with van der Waals surface area (Å²) in [4.78, 5) is 13.3. The molecular formula is C23H29ClN2O3S. The molecule has 5 nitrogen and oxygen atoms in total. The number of hydrogen-bond acceptors (Lipinski definition) is 3. The summed E-state index contributed by atoms with van der Waals surface area (Å²) < 4.78 is 27.4. The fraction of sp³-hybridized carbons (Fsp3) is 0.435. The standard InChI is InChI=1S/C23H29ClN2O3S/c1-17(2)15-22(18-7-4-3-5-8-18)25-23(27)19-9-6-14-26(16-19)30(28,29)21-12-10-20(24)11-13-21/h3-5,7-8,10-13,17,19,22H,6,9,14-16H2,1-2H3,(H,25,27)/t19-,22-/m0/s1. The first-order valence-electron chi connectivity index (χ1n) is 10.4. The van der Waals surface area contributed by atoms with Gasteiger partial charge in [-0.2, -0.15) is 4.31 Å². The molecule has 1 fully saturated rings. The van der Waals surface area contributed by atoms with Gasteiger partial charge in [0.05, 0.1) is 16.9 Å². The van der Waals surface area contributed by atoms with Gasteiger partial charge in [-0.1, -0.05) is 55.8 Å². The third kappa shape index (κ3) is 5.62. The van der Waals surface area contributed by atoms with Crippen molar-refractivity contribution in [2.45, 2.75) is 44.0 Å². The van der Waals surface area contributed by atoms with Crippen LogP contribution in [0.2, 0.25) is 5.02 Å². The molecule has 2 aromatic carbocycles. The zero-order valence-corrected chi connectivity index (χ0v) is 19.0. The van der Waals surface area contributed by atoms with E-state index in [2.05, 4.69) is 19.2 Å². The summed E-state index contributed by atoms with van der Waals surface area (Å²) >= 11 is 5.89. The van der Waals surface area contributed by atoms with Crippen molar-refractivity contribution in [1.29, 1.82) is 0 Å². The Morgan fingerprint density at radius 3 is 2.43 bits per heavy atom. The SMILES string of the molecule is CC(C)C[C@H](NC(=O)[C@H]1CCCN(S(=O)(=O)c2ccc(Cl)cc2)C1)c1ccccc1. The van der Waals surface area contributed by atoms with Gasteiger partial charge in [-0.3, -0.25) is 4.79 Å². The second-order valence-corrected chi connectivity index (χ2v) is 10.6. The number of nitrogens with zero attached hydrogens (tertiary/aromatic N) is 1. The van der Waals surface area contributed by atoms with Crippen molar-refractivity contribution in [3.05, 3.63) is 65.2 Å². The number of sulfonamides is 1. The molecule has 2 aromatic rings. The van der Waals surface area contributed by atoms with Gasteiger partial charge in [0.15, 0.2) is 0 Å². The number of halogens is 1. The average Bonchev–Trinajstić information content (AvgIpc) is 2.74. The first-order valence-corrected chi connectivity index (χ1v) is 12.2. The number of carbonyl (C=O) groups is 1. The maximum Gasteiger partial charge on any atom is 0.243 e. The highest BCUT2D eigenvalue weighted by molar-refractivity contribution is 7.89. The van der Waals surface area contributed by atoms with Gasteiger partial charge in [0.1, 0.15) is 0 Å². The molecule has 3 rings (SSSR count). The highest BCUT2D eigenvalue weighted by atomic mass is 35.5. The lowest BCUT2D eigenvalue weighted by Crippen LogP contribution is -2.46. The molecule has 1 aliphatic rings. The number of piperidine rings is 1. The van der Waals surface area contributed by atoms with Crippen LogP contribution in [0.15, 0.2) is 59.5 Å². The lowest BCUT2D eigenvalue weighted by molar-refractivity contribution is -0.127. The van der Waals surface area contributed by atoms with Crippen molar-refractivity contribution in [1.82, 2.24) is 9.62 Å². The van der Waals surface area contributed by atoms with E-state index in [1.54, 1.807) is 12.1 Å². The summed E-state index contributed by atoms with van der Waals surface area (Å²) in [5.74, 6) is -0.0247. The fourth-order valence-electron chi connectivity index (χ4n) is 3.86. The van der Waals surface area contributed by atoms with Crippen LogP contribution in [-0.4, -0.2) is 31.7 Å². The van der Waals surface area contributed by atoms with E-state index in [1.165, 1.54) is 16.4 Å². The van der Waals surface area contributed by atoms with Gasteiger partial charge in [-0.15, -0.1) is 0 Å². The third-order valence-electron chi connectivity index (χ3n) is 5.43. The number of nitrogens with one attached hydrogen (secondary N) is 1. The maximum atomic E-state index is 13.1. The highest BCUT2D eigenvalue weighted by Gasteiger charge is 2.34. The van der Waals surface area contributed by atoms with Gasteiger partial charge < -0.3 is 5.32 Å². The monoisotopic (exact) mass is 448 g/mol. The van der Waals surface area contributed by atoms with Crippen LogP contribution in [0.5, 0.6) is 0 Å². The van der Waals surface area contributed by atoms with E-state index in [-0.39, 0.29) is 29.3 Å². The van der Waals surface area contributed by atoms with Crippen molar-refractivity contribution in [3.63, 3.8) is 0 Å². The van der Waals surface area contributed by atoms with Crippen LogP contribution in [0.3, 0.4) is 0 Å². The van der Waals surface area contributed by atoms with E-state index < -0.39 is 10.0 Å². The molecule has 0 bridgehead atoms. The molecule has 1 N–H and O–H groups in total. The third-order valence-corrected chi connectivity index (χ3v) is 7.56. The Kier molecular flexibility index (Phi) is 7.55. The Morgan fingerprint density at radius 2 is 1.80 bits per heavy atom. The van der Waals surface area contributed by atoms with Crippen LogP contribution in [0.25, 0.3) is 0 Å². The lowest BCUT2D eigenvalue weighted by Gasteiger charge is -2.32. The summed E-state index contributed by atoms with van der Waals surface area (Å²) in [7, 11) is -3.65. The number of rotatable bonds is 7. The molecule has 7 heteroatoms. The van der Waals surface area contributed by atoms with Crippen molar-refractivity contribution < 1.29 is 13.2 Å². The van der Waals surface area contributed by atoms with E-state index in [1.807, 2.05) is 30.3 Å². The summed E-state index contributed by atoms with van der Waals surface area (Å²) in [5.41, 5.74) is 1.07. The minimum Gasteiger partial charge on any atom is -0.349 e. The highest BCUT2D eigenvalue weighted by Crippen LogP contribution is 2.27. The molecule has 0 aliphatic carbocycles. The topological polar surface area (TPSA) is 66.5 Å². The van der Waals surface area contributed by atoms with Gasteiger partial charge in [0.2, 0.25) is 15.9 Å². The number of benzene rings is 2. The zero-order valence-electron chi connectivity index (χ0n) is 17.4. The number of amides is 1.